The highest BCUT2D eigenvalue weighted by Crippen LogP contribution is 2.11. The first-order valence-electron chi connectivity index (χ1n) is 12.7. The van der Waals surface area contributed by atoms with E-state index in [4.69, 9.17) is 12.2 Å². The molecule has 0 bridgehead atoms. The van der Waals surface area contributed by atoms with Gasteiger partial charge >= 0.3 is 0 Å². The van der Waals surface area contributed by atoms with Crippen LogP contribution in [0.3, 0.4) is 0 Å². The van der Waals surface area contributed by atoms with Gasteiger partial charge in [0.2, 0.25) is 17.7 Å². The van der Waals surface area contributed by atoms with Crippen LogP contribution in [0.1, 0.15) is 38.2 Å². The Bertz CT molecular complexity index is 1070. The average molecular weight is 559 g/mol. The summed E-state index contributed by atoms with van der Waals surface area (Å²) < 4.78 is 0. The maximum absolute atomic E-state index is 12.1. The maximum atomic E-state index is 12.1. The van der Waals surface area contributed by atoms with Crippen molar-refractivity contribution in [2.24, 2.45) is 0 Å². The second-order valence-corrected chi connectivity index (χ2v) is 9.18. The average Bonchev–Trinajstić information content (AvgIpc) is 3.24. The summed E-state index contributed by atoms with van der Waals surface area (Å²) in [5.74, 6) is -2.35. The predicted octanol–water partition coefficient (Wildman–Crippen LogP) is -0.0631. The zero-order valence-corrected chi connectivity index (χ0v) is 22.6. The Hall–Kier alpha value is -4.13. The van der Waals surface area contributed by atoms with Gasteiger partial charge in [0.05, 0.1) is 25.7 Å². The summed E-state index contributed by atoms with van der Waals surface area (Å²) in [7, 11) is 0. The third-order valence-electron chi connectivity index (χ3n) is 5.61. The van der Waals surface area contributed by atoms with Gasteiger partial charge in [0.1, 0.15) is 6.29 Å². The lowest BCUT2D eigenvalue weighted by Crippen LogP contribution is -2.46. The van der Waals surface area contributed by atoms with Crippen molar-refractivity contribution in [2.75, 3.05) is 31.5 Å². The number of carbonyl (C=O) groups is 6. The van der Waals surface area contributed by atoms with Crippen LogP contribution < -0.4 is 26.6 Å². The van der Waals surface area contributed by atoms with E-state index in [0.717, 1.165) is 23.4 Å². The van der Waals surface area contributed by atoms with Crippen LogP contribution in [-0.2, 0) is 35.2 Å². The molecule has 1 aromatic rings. The van der Waals surface area contributed by atoms with E-state index in [2.05, 4.69) is 33.5 Å². The number of unbranched alkanes of at least 4 members (excludes halogenated alkanes) is 1. The number of nitrogens with one attached hydrogen (secondary N) is 5. The topological polar surface area (TPSA) is 166 Å². The van der Waals surface area contributed by atoms with Crippen molar-refractivity contribution < 1.29 is 28.8 Å². The van der Waals surface area contributed by atoms with Gasteiger partial charge in [-0.3, -0.25) is 28.9 Å². The Kier molecular flexibility index (Phi) is 13.3. The summed E-state index contributed by atoms with van der Waals surface area (Å²) in [5, 5.41) is 13.3. The van der Waals surface area contributed by atoms with Crippen molar-refractivity contribution in [3.63, 3.8) is 0 Å². The Balaban J connectivity index is 1.56. The molecule has 0 fully saturated rings. The van der Waals surface area contributed by atoms with Crippen LogP contribution >= 0.6 is 12.2 Å². The summed E-state index contributed by atoms with van der Waals surface area (Å²) in [6, 6.07) is 7.03. The van der Waals surface area contributed by atoms with Gasteiger partial charge in [-0.05, 0) is 55.6 Å². The van der Waals surface area contributed by atoms with E-state index in [1.165, 1.54) is 17.7 Å². The molecule has 0 spiro atoms. The van der Waals surface area contributed by atoms with E-state index >= 15 is 0 Å². The van der Waals surface area contributed by atoms with Gasteiger partial charge in [-0.25, -0.2) is 0 Å². The smallest absolute Gasteiger partial charge is 0.253 e. The van der Waals surface area contributed by atoms with E-state index in [9.17, 15) is 28.8 Å². The van der Waals surface area contributed by atoms with Gasteiger partial charge in [-0.2, -0.15) is 0 Å². The first-order valence-corrected chi connectivity index (χ1v) is 13.1. The summed E-state index contributed by atoms with van der Waals surface area (Å²) in [4.78, 5) is 71.4. The highest BCUT2D eigenvalue weighted by atomic mass is 32.1. The highest BCUT2D eigenvalue weighted by Gasteiger charge is 2.22. The molecule has 0 aromatic heterocycles. The van der Waals surface area contributed by atoms with Gasteiger partial charge in [0, 0.05) is 24.4 Å². The van der Waals surface area contributed by atoms with Crippen molar-refractivity contribution in [2.45, 2.75) is 45.1 Å². The fourth-order valence-electron chi connectivity index (χ4n) is 3.58. The zero-order chi connectivity index (χ0) is 28.6. The lowest BCUT2D eigenvalue weighted by molar-refractivity contribution is -0.137. The molecule has 210 valence electrons. The summed E-state index contributed by atoms with van der Waals surface area (Å²) >= 11 is 5.17. The molecule has 5 amide bonds. The number of aldehydes is 1. The Morgan fingerprint density at radius 2 is 1.49 bits per heavy atom. The maximum Gasteiger partial charge on any atom is 0.253 e. The molecule has 1 atom stereocenters. The molecule has 13 heteroatoms. The molecule has 39 heavy (non-hydrogen) atoms. The molecule has 12 nitrogen and oxygen atoms in total. The number of rotatable bonds is 16. The van der Waals surface area contributed by atoms with Crippen LogP contribution in [0.15, 0.2) is 36.4 Å². The van der Waals surface area contributed by atoms with Crippen molar-refractivity contribution in [3.8, 4) is 0 Å². The number of benzene rings is 1. The lowest BCUT2D eigenvalue weighted by Gasteiger charge is -2.15. The Labute approximate surface area is 232 Å². The van der Waals surface area contributed by atoms with Gasteiger partial charge in [0.15, 0.2) is 5.11 Å². The van der Waals surface area contributed by atoms with Gasteiger partial charge in [0.25, 0.3) is 11.8 Å². The number of thiocarbonyl (C=S) groups is 1. The van der Waals surface area contributed by atoms with Crippen molar-refractivity contribution in [1.29, 1.82) is 0 Å². The van der Waals surface area contributed by atoms with E-state index in [1.807, 2.05) is 24.3 Å². The molecule has 1 aliphatic heterocycles. The van der Waals surface area contributed by atoms with Crippen molar-refractivity contribution in [3.05, 3.63) is 42.0 Å². The zero-order valence-electron chi connectivity index (χ0n) is 21.8. The Morgan fingerprint density at radius 1 is 0.897 bits per heavy atom. The Morgan fingerprint density at radius 3 is 2.08 bits per heavy atom. The number of nitrogens with zero attached hydrogens (tertiary/aromatic N) is 1. The molecule has 0 radical (unpaired) electrons. The van der Waals surface area contributed by atoms with Crippen LogP contribution in [-0.4, -0.2) is 78.1 Å². The summed E-state index contributed by atoms with van der Waals surface area (Å²) in [6.07, 6.45) is 6.34. The fraction of sp³-hybridized carbons (Fsp3) is 0.423. The second-order valence-electron chi connectivity index (χ2n) is 8.78. The molecule has 0 saturated carbocycles. The third-order valence-corrected chi connectivity index (χ3v) is 5.86. The van der Waals surface area contributed by atoms with E-state index in [0.29, 0.717) is 25.5 Å². The molecule has 0 aliphatic carbocycles. The van der Waals surface area contributed by atoms with E-state index < -0.39 is 23.8 Å². The summed E-state index contributed by atoms with van der Waals surface area (Å²) in [6.45, 7) is 1.48. The number of carbonyl (C=O) groups excluding carboxylic acids is 6. The summed E-state index contributed by atoms with van der Waals surface area (Å²) in [5.41, 5.74) is 2.01. The molecule has 2 rings (SSSR count). The van der Waals surface area contributed by atoms with Crippen LogP contribution in [0.2, 0.25) is 0 Å². The predicted molar refractivity (Wildman–Crippen MR) is 148 cm³/mol. The van der Waals surface area contributed by atoms with Gasteiger partial charge < -0.3 is 31.4 Å². The molecule has 1 aromatic carbocycles. The van der Waals surface area contributed by atoms with Crippen LogP contribution in [0.4, 0.5) is 5.69 Å². The number of amides is 5. The minimum atomic E-state index is -0.769. The fourth-order valence-corrected chi connectivity index (χ4v) is 3.77. The quantitative estimate of drug-likeness (QED) is 0.0808. The third kappa shape index (κ3) is 11.9. The van der Waals surface area contributed by atoms with Crippen LogP contribution in [0.25, 0.3) is 0 Å². The standard InChI is InChI=1S/C26H34N6O6S/c1-2-5-18-7-9-19(10-8-18)31-26(39)29-15-22(35)27-14-21(34)28-16-23(36)30-20(17-33)6-3-4-13-32-24(37)11-12-25(32)38/h7-12,17,20H,2-6,13-16H2,1H3,(H,27,35)(H,28,34)(H,30,36)(H2,29,31,39). The van der Waals surface area contributed by atoms with Crippen LogP contribution in [0, 0.1) is 0 Å². The minimum Gasteiger partial charge on any atom is -0.353 e. The normalized spacial score (nSPS) is 13.0. The van der Waals surface area contributed by atoms with Crippen molar-refractivity contribution >= 4 is 58.8 Å². The number of hydrogen-bond donors (Lipinski definition) is 5. The molecule has 5 N–H and O–H groups in total. The molecule has 1 aliphatic rings. The minimum absolute atomic E-state index is 0.148. The SMILES string of the molecule is CCCc1ccc(NC(=S)NCC(=O)NCC(=O)NCC(=O)NC(C=O)CCCCN2C(=O)C=CC2=O)cc1. The number of aryl methyl sites for hydroxylation is 1. The largest absolute Gasteiger partial charge is 0.353 e. The molecule has 1 unspecified atom stereocenters. The lowest BCUT2D eigenvalue weighted by atomic mass is 10.1. The number of imide groups is 1. The van der Waals surface area contributed by atoms with Crippen LogP contribution in [0.5, 0.6) is 0 Å². The van der Waals surface area contributed by atoms with E-state index in [1.54, 1.807) is 0 Å². The van der Waals surface area contributed by atoms with E-state index in [-0.39, 0.29) is 43.1 Å². The van der Waals surface area contributed by atoms with Crippen molar-refractivity contribution in [1.82, 2.24) is 26.2 Å². The second kappa shape index (κ2) is 16.7. The molecular formula is C26H34N6O6S. The van der Waals surface area contributed by atoms with Gasteiger partial charge in [-0.1, -0.05) is 25.5 Å². The monoisotopic (exact) mass is 558 g/mol. The first kappa shape index (κ1) is 31.1. The number of hydrogen-bond acceptors (Lipinski definition) is 7. The first-order chi connectivity index (χ1) is 18.7. The highest BCUT2D eigenvalue weighted by molar-refractivity contribution is 7.80. The molecular weight excluding hydrogens is 524 g/mol. The molecule has 0 saturated heterocycles. The molecule has 1 heterocycles. The number of anilines is 1. The van der Waals surface area contributed by atoms with Gasteiger partial charge in [-0.15, -0.1) is 0 Å².